The number of hydrogen-bond donors (Lipinski definition) is 1. The van der Waals surface area contributed by atoms with Crippen molar-refractivity contribution in [3.8, 4) is 11.3 Å². The van der Waals surface area contributed by atoms with Crippen LogP contribution in [0, 0.1) is 10.1 Å². The fourth-order valence-electron chi connectivity index (χ4n) is 3.89. The van der Waals surface area contributed by atoms with Gasteiger partial charge in [0.05, 0.1) is 23.8 Å². The van der Waals surface area contributed by atoms with Crippen molar-refractivity contribution in [2.45, 2.75) is 24.9 Å². The first kappa shape index (κ1) is 22.4. The number of non-ortho nitro benzene ring substituents is 1. The Hall–Kier alpha value is -3.79. The number of thiocarbonyl (C=S) groups is 1. The molecule has 1 aliphatic rings. The molecule has 2 aromatic heterocycles. The normalized spacial score (nSPS) is 17.6. The van der Waals surface area contributed by atoms with E-state index in [1.54, 1.807) is 24.4 Å². The second kappa shape index (κ2) is 9.78. The van der Waals surface area contributed by atoms with Gasteiger partial charge in [0, 0.05) is 36.9 Å². The van der Waals surface area contributed by atoms with Crippen molar-refractivity contribution in [2.24, 2.45) is 0 Å². The van der Waals surface area contributed by atoms with E-state index in [1.807, 2.05) is 29.2 Å². The van der Waals surface area contributed by atoms with E-state index in [4.69, 9.17) is 21.4 Å². The lowest BCUT2D eigenvalue weighted by Gasteiger charge is -2.25. The molecule has 0 unspecified atom stereocenters. The number of nitrogens with one attached hydrogen (secondary N) is 1. The van der Waals surface area contributed by atoms with E-state index in [2.05, 4.69) is 10.3 Å². The van der Waals surface area contributed by atoms with Gasteiger partial charge in [-0.3, -0.25) is 19.9 Å². The highest BCUT2D eigenvalue weighted by Crippen LogP contribution is 2.40. The molecule has 170 valence electrons. The van der Waals surface area contributed by atoms with Crippen LogP contribution in [0.25, 0.3) is 11.3 Å². The number of hydrogen-bond acceptors (Lipinski definition) is 7. The second-order valence-electron chi connectivity index (χ2n) is 7.51. The highest BCUT2D eigenvalue weighted by Gasteiger charge is 2.41. The van der Waals surface area contributed by atoms with E-state index in [0.29, 0.717) is 35.2 Å². The summed E-state index contributed by atoms with van der Waals surface area (Å²) in [5.74, 6) is 0.871. The van der Waals surface area contributed by atoms with Crippen molar-refractivity contribution in [1.82, 2.24) is 15.2 Å². The first-order valence-corrected chi connectivity index (χ1v) is 10.8. The van der Waals surface area contributed by atoms with Gasteiger partial charge in [0.15, 0.2) is 5.11 Å². The maximum Gasteiger partial charge on any atom is 0.305 e. The van der Waals surface area contributed by atoms with Crippen LogP contribution in [0.3, 0.4) is 0 Å². The molecule has 3 heterocycles. The van der Waals surface area contributed by atoms with E-state index in [1.165, 1.54) is 19.2 Å². The summed E-state index contributed by atoms with van der Waals surface area (Å²) in [7, 11) is 1.36. The summed E-state index contributed by atoms with van der Waals surface area (Å²) in [5, 5.41) is 15.0. The molecule has 0 amide bonds. The molecule has 1 N–H and O–H groups in total. The van der Waals surface area contributed by atoms with Gasteiger partial charge >= 0.3 is 5.97 Å². The molecule has 2 atom stereocenters. The smallest absolute Gasteiger partial charge is 0.305 e. The topological polar surface area (TPSA) is 111 Å². The van der Waals surface area contributed by atoms with Gasteiger partial charge in [-0.05, 0) is 42.9 Å². The molecule has 4 rings (SSSR count). The van der Waals surface area contributed by atoms with Gasteiger partial charge in [-0.2, -0.15) is 0 Å². The van der Waals surface area contributed by atoms with Crippen molar-refractivity contribution in [2.75, 3.05) is 13.7 Å². The van der Waals surface area contributed by atoms with Crippen LogP contribution in [0.1, 0.15) is 36.4 Å². The molecular weight excluding hydrogens is 444 g/mol. The number of ether oxygens (including phenoxy) is 1. The number of aromatic nitrogens is 1. The third kappa shape index (κ3) is 4.85. The SMILES string of the molecule is COC(=O)CCCN1C(=S)N[C@H](c2ccccn2)[C@H]1c1ccc(-c2cccc([N+](=O)[O-])c2)o1. The van der Waals surface area contributed by atoms with Gasteiger partial charge < -0.3 is 19.4 Å². The lowest BCUT2D eigenvalue weighted by atomic mass is 10.0. The van der Waals surface area contributed by atoms with Crippen molar-refractivity contribution >= 4 is 29.0 Å². The summed E-state index contributed by atoms with van der Waals surface area (Å²) in [6.45, 7) is 0.516. The van der Waals surface area contributed by atoms with Crippen molar-refractivity contribution in [3.05, 3.63) is 82.4 Å². The molecule has 1 saturated heterocycles. The summed E-state index contributed by atoms with van der Waals surface area (Å²) in [6, 6.07) is 15.0. The van der Waals surface area contributed by atoms with Crippen LogP contribution in [0.5, 0.6) is 0 Å². The number of nitro benzene ring substituents is 1. The largest absolute Gasteiger partial charge is 0.469 e. The Labute approximate surface area is 195 Å². The molecule has 0 bridgehead atoms. The highest BCUT2D eigenvalue weighted by atomic mass is 32.1. The zero-order valence-electron chi connectivity index (χ0n) is 17.8. The Balaban J connectivity index is 1.66. The van der Waals surface area contributed by atoms with E-state index >= 15 is 0 Å². The summed E-state index contributed by atoms with van der Waals surface area (Å²) in [4.78, 5) is 28.8. The summed E-state index contributed by atoms with van der Waals surface area (Å²) < 4.78 is 10.9. The minimum absolute atomic E-state index is 0.00930. The second-order valence-corrected chi connectivity index (χ2v) is 7.90. The molecule has 9 nitrogen and oxygen atoms in total. The molecule has 3 aromatic rings. The highest BCUT2D eigenvalue weighted by molar-refractivity contribution is 7.80. The fraction of sp³-hybridized carbons (Fsp3) is 0.261. The van der Waals surface area contributed by atoms with Crippen molar-refractivity contribution in [1.29, 1.82) is 0 Å². The standard InChI is InChI=1S/C23H22N4O5S/c1-31-20(28)9-5-13-26-22(21(25-23(26)33)17-8-2-3-12-24-17)19-11-10-18(32-19)15-6-4-7-16(14-15)27(29)30/h2-4,6-8,10-12,14,21-22H,5,9,13H2,1H3,(H,25,33)/t21-,22-/m1/s1. The molecule has 1 aliphatic heterocycles. The summed E-state index contributed by atoms with van der Waals surface area (Å²) in [6.07, 6.45) is 2.54. The third-order valence-electron chi connectivity index (χ3n) is 5.47. The molecular formula is C23H22N4O5S. The number of nitro groups is 1. The summed E-state index contributed by atoms with van der Waals surface area (Å²) in [5.41, 5.74) is 1.40. The molecule has 0 spiro atoms. The molecule has 10 heteroatoms. The van der Waals surface area contributed by atoms with Gasteiger partial charge in [-0.25, -0.2) is 0 Å². The molecule has 0 aliphatic carbocycles. The van der Waals surface area contributed by atoms with Crippen LogP contribution in [-0.4, -0.2) is 39.5 Å². The maximum atomic E-state index is 11.6. The Kier molecular flexibility index (Phi) is 6.64. The predicted molar refractivity (Wildman–Crippen MR) is 124 cm³/mol. The number of esters is 1. The van der Waals surface area contributed by atoms with Gasteiger partial charge in [0.2, 0.25) is 0 Å². The first-order chi connectivity index (χ1) is 16.0. The lowest BCUT2D eigenvalue weighted by molar-refractivity contribution is -0.384. The zero-order chi connectivity index (χ0) is 23.4. The number of carbonyl (C=O) groups excluding carboxylic acids is 1. The van der Waals surface area contributed by atoms with Crippen LogP contribution >= 0.6 is 12.2 Å². The van der Waals surface area contributed by atoms with Gasteiger partial charge in [0.25, 0.3) is 5.69 Å². The number of carbonyl (C=O) groups is 1. The number of furan rings is 1. The van der Waals surface area contributed by atoms with Crippen LogP contribution in [0.15, 0.2) is 65.2 Å². The Morgan fingerprint density at radius 3 is 2.85 bits per heavy atom. The first-order valence-electron chi connectivity index (χ1n) is 10.4. The van der Waals surface area contributed by atoms with Gasteiger partial charge in [0.1, 0.15) is 17.6 Å². The average molecular weight is 467 g/mol. The molecule has 33 heavy (non-hydrogen) atoms. The third-order valence-corrected chi connectivity index (χ3v) is 5.82. The number of benzene rings is 1. The zero-order valence-corrected chi connectivity index (χ0v) is 18.7. The molecule has 0 saturated carbocycles. The summed E-state index contributed by atoms with van der Waals surface area (Å²) >= 11 is 5.60. The fourth-order valence-corrected chi connectivity index (χ4v) is 4.22. The number of pyridine rings is 1. The maximum absolute atomic E-state index is 11.6. The minimum Gasteiger partial charge on any atom is -0.469 e. The lowest BCUT2D eigenvalue weighted by Crippen LogP contribution is -2.30. The number of nitrogens with zero attached hydrogens (tertiary/aromatic N) is 3. The Morgan fingerprint density at radius 2 is 2.12 bits per heavy atom. The van der Waals surface area contributed by atoms with E-state index < -0.39 is 4.92 Å². The van der Waals surface area contributed by atoms with Gasteiger partial charge in [-0.1, -0.05) is 18.2 Å². The van der Waals surface area contributed by atoms with Crippen molar-refractivity contribution < 1.29 is 18.9 Å². The average Bonchev–Trinajstić information content (AvgIpc) is 3.44. The van der Waals surface area contributed by atoms with E-state index in [9.17, 15) is 14.9 Å². The predicted octanol–water partition coefficient (Wildman–Crippen LogP) is 4.18. The van der Waals surface area contributed by atoms with Crippen LogP contribution in [-0.2, 0) is 9.53 Å². The number of rotatable bonds is 8. The van der Waals surface area contributed by atoms with E-state index in [-0.39, 0.29) is 30.2 Å². The quantitative estimate of drug-likeness (QED) is 0.226. The van der Waals surface area contributed by atoms with Gasteiger partial charge in [-0.15, -0.1) is 0 Å². The van der Waals surface area contributed by atoms with Crippen LogP contribution < -0.4 is 5.32 Å². The monoisotopic (exact) mass is 466 g/mol. The van der Waals surface area contributed by atoms with Crippen LogP contribution in [0.2, 0.25) is 0 Å². The Morgan fingerprint density at radius 1 is 1.27 bits per heavy atom. The number of methoxy groups -OCH3 is 1. The molecule has 0 radical (unpaired) electrons. The van der Waals surface area contributed by atoms with Crippen molar-refractivity contribution in [3.63, 3.8) is 0 Å². The minimum atomic E-state index is -0.438. The Bertz CT molecular complexity index is 1170. The molecule has 1 fully saturated rings. The van der Waals surface area contributed by atoms with E-state index in [0.717, 1.165) is 5.69 Å². The van der Waals surface area contributed by atoms with Crippen LogP contribution in [0.4, 0.5) is 5.69 Å². The molecule has 1 aromatic carbocycles.